The van der Waals surface area contributed by atoms with Crippen LogP contribution in [0, 0.1) is 0 Å². The minimum Gasteiger partial charge on any atom is -0.392 e. The highest BCUT2D eigenvalue weighted by Gasteiger charge is 1.77. The maximum atomic E-state index is 9.72. The molecule has 0 spiro atoms. The fourth-order valence-electron chi connectivity index (χ4n) is 0.192. The van der Waals surface area contributed by atoms with Crippen molar-refractivity contribution in [3.05, 3.63) is 11.6 Å². The Bertz CT molecular complexity index is 84.1. The fraction of sp³-hybridized carbons (Fsp3) is 0.400. The predicted octanol–water partition coefficient (Wildman–Crippen LogP) is 0.124. The van der Waals surface area contributed by atoms with E-state index in [0.717, 1.165) is 0 Å². The van der Waals surface area contributed by atoms with E-state index in [1.54, 1.807) is 6.92 Å². The molecule has 7 heavy (non-hydrogen) atoms. The van der Waals surface area contributed by atoms with E-state index < -0.39 is 0 Å². The first-order valence-corrected chi connectivity index (χ1v) is 2.04. The molecule has 0 aromatic carbocycles. The largest absolute Gasteiger partial charge is 0.392 e. The second-order valence-corrected chi connectivity index (χ2v) is 1.25. The van der Waals surface area contributed by atoms with E-state index in [4.69, 9.17) is 5.11 Å². The van der Waals surface area contributed by atoms with Crippen LogP contribution in [0.15, 0.2) is 11.6 Å². The molecule has 0 saturated heterocycles. The molecule has 0 bridgehead atoms. The monoisotopic (exact) mass is 100 g/mol. The third-order valence-corrected chi connectivity index (χ3v) is 0.599. The second kappa shape index (κ2) is 3.56. The smallest absolute Gasteiger partial charge is 0.145 e. The molecule has 2 nitrogen and oxygen atoms in total. The summed E-state index contributed by atoms with van der Waals surface area (Å²) in [5, 5.41) is 8.13. The minimum absolute atomic E-state index is 0.0510. The lowest BCUT2D eigenvalue weighted by atomic mass is 10.3. The fourth-order valence-corrected chi connectivity index (χ4v) is 0.192. The molecule has 0 radical (unpaired) electrons. The summed E-state index contributed by atoms with van der Waals surface area (Å²) in [6.07, 6.45) is 2.16. The van der Waals surface area contributed by atoms with Gasteiger partial charge in [-0.15, -0.1) is 0 Å². The number of rotatable bonds is 2. The molecule has 0 aliphatic heterocycles. The van der Waals surface area contributed by atoms with Crippen LogP contribution in [0.1, 0.15) is 6.92 Å². The lowest BCUT2D eigenvalue weighted by Gasteiger charge is -1.79. The van der Waals surface area contributed by atoms with Gasteiger partial charge in [0.15, 0.2) is 0 Å². The molecule has 0 aromatic heterocycles. The van der Waals surface area contributed by atoms with Gasteiger partial charge >= 0.3 is 0 Å². The first-order valence-electron chi connectivity index (χ1n) is 2.04. The van der Waals surface area contributed by atoms with E-state index in [-0.39, 0.29) is 6.61 Å². The van der Waals surface area contributed by atoms with Gasteiger partial charge in [0, 0.05) is 0 Å². The summed E-state index contributed by atoms with van der Waals surface area (Å²) in [6, 6.07) is 0. The van der Waals surface area contributed by atoms with Crippen LogP contribution >= 0.6 is 0 Å². The Labute approximate surface area is 42.5 Å². The van der Waals surface area contributed by atoms with Crippen molar-refractivity contribution in [2.75, 3.05) is 6.61 Å². The number of hydrogen-bond donors (Lipinski definition) is 1. The maximum absolute atomic E-state index is 9.72. The highest BCUT2D eigenvalue weighted by Crippen LogP contribution is 1.81. The summed E-state index contributed by atoms with van der Waals surface area (Å²) in [4.78, 5) is 9.72. The molecule has 0 aliphatic carbocycles. The zero-order chi connectivity index (χ0) is 5.70. The second-order valence-electron chi connectivity index (χ2n) is 1.25. The van der Waals surface area contributed by atoms with Gasteiger partial charge in [-0.2, -0.15) is 0 Å². The molecule has 0 amide bonds. The normalized spacial score (nSPS) is 11.4. The topological polar surface area (TPSA) is 37.3 Å². The van der Waals surface area contributed by atoms with E-state index in [2.05, 4.69) is 0 Å². The molecule has 2 heteroatoms. The predicted molar refractivity (Wildman–Crippen MR) is 26.9 cm³/mol. The van der Waals surface area contributed by atoms with Crippen molar-refractivity contribution in [3.63, 3.8) is 0 Å². The van der Waals surface area contributed by atoms with Gasteiger partial charge in [-0.1, -0.05) is 6.08 Å². The van der Waals surface area contributed by atoms with Crippen LogP contribution in [-0.2, 0) is 4.79 Å². The Morgan fingerprint density at radius 1 is 1.86 bits per heavy atom. The van der Waals surface area contributed by atoms with E-state index in [1.165, 1.54) is 6.08 Å². The Hall–Kier alpha value is -0.630. The number of aldehydes is 1. The van der Waals surface area contributed by atoms with Gasteiger partial charge in [0.05, 0.1) is 6.61 Å². The van der Waals surface area contributed by atoms with Crippen molar-refractivity contribution in [1.29, 1.82) is 0 Å². The summed E-state index contributed by atoms with van der Waals surface area (Å²) in [5.41, 5.74) is 0.572. The Morgan fingerprint density at radius 2 is 2.43 bits per heavy atom. The van der Waals surface area contributed by atoms with Gasteiger partial charge in [-0.25, -0.2) is 0 Å². The maximum Gasteiger partial charge on any atom is 0.145 e. The van der Waals surface area contributed by atoms with Crippen molar-refractivity contribution in [3.8, 4) is 0 Å². The average Bonchev–Trinajstić information content (AvgIpc) is 1.68. The van der Waals surface area contributed by atoms with Gasteiger partial charge in [0.25, 0.3) is 0 Å². The van der Waals surface area contributed by atoms with E-state index in [0.29, 0.717) is 11.9 Å². The van der Waals surface area contributed by atoms with E-state index in [1.807, 2.05) is 0 Å². The van der Waals surface area contributed by atoms with E-state index >= 15 is 0 Å². The third-order valence-electron chi connectivity index (χ3n) is 0.599. The Morgan fingerprint density at radius 3 is 2.57 bits per heavy atom. The number of hydrogen-bond acceptors (Lipinski definition) is 2. The Kier molecular flexibility index (Phi) is 3.24. The first-order chi connectivity index (χ1) is 3.31. The van der Waals surface area contributed by atoms with Crippen LogP contribution in [0.4, 0.5) is 0 Å². The van der Waals surface area contributed by atoms with Gasteiger partial charge < -0.3 is 5.11 Å². The number of carbonyl (C=O) groups is 1. The van der Waals surface area contributed by atoms with Crippen LogP contribution < -0.4 is 0 Å². The number of aliphatic hydroxyl groups excluding tert-OH is 1. The van der Waals surface area contributed by atoms with Crippen molar-refractivity contribution in [2.24, 2.45) is 0 Å². The van der Waals surface area contributed by atoms with Gasteiger partial charge in [0.1, 0.15) is 6.29 Å². The average molecular weight is 100 g/mol. The van der Waals surface area contributed by atoms with Crippen LogP contribution in [-0.4, -0.2) is 18.0 Å². The molecule has 0 unspecified atom stereocenters. The van der Waals surface area contributed by atoms with Gasteiger partial charge in [0.2, 0.25) is 0 Å². The summed E-state index contributed by atoms with van der Waals surface area (Å²) >= 11 is 0. The summed E-state index contributed by atoms with van der Waals surface area (Å²) in [5.74, 6) is 0. The Balaban J connectivity index is 3.49. The lowest BCUT2D eigenvalue weighted by Crippen LogP contribution is -1.78. The molecule has 1 N–H and O–H groups in total. The number of allylic oxidation sites excluding steroid dienone is 1. The van der Waals surface area contributed by atoms with Crippen LogP contribution in [0.3, 0.4) is 0 Å². The van der Waals surface area contributed by atoms with Gasteiger partial charge in [-0.3, -0.25) is 4.79 Å². The highest BCUT2D eigenvalue weighted by molar-refractivity contribution is 5.71. The summed E-state index contributed by atoms with van der Waals surface area (Å²) in [6.45, 7) is 1.59. The van der Waals surface area contributed by atoms with E-state index in [9.17, 15) is 4.79 Å². The lowest BCUT2D eigenvalue weighted by molar-refractivity contribution is -0.104. The standard InChI is InChI=1S/C5H8O2/c1-5(4-7)2-3-6/h2,4,6H,3H2,1H3/b5-2-. The molecular formula is C5H8O2. The first kappa shape index (κ1) is 6.37. The molecule has 40 valence electrons. The van der Waals surface area contributed by atoms with Crippen LogP contribution in [0.5, 0.6) is 0 Å². The van der Waals surface area contributed by atoms with Crippen molar-refractivity contribution in [1.82, 2.24) is 0 Å². The molecule has 0 saturated carbocycles. The molecule has 0 aromatic rings. The van der Waals surface area contributed by atoms with Crippen molar-refractivity contribution >= 4 is 6.29 Å². The highest BCUT2D eigenvalue weighted by atomic mass is 16.2. The van der Waals surface area contributed by atoms with Gasteiger partial charge in [-0.05, 0) is 12.5 Å². The zero-order valence-electron chi connectivity index (χ0n) is 4.22. The van der Waals surface area contributed by atoms with Crippen LogP contribution in [0.25, 0.3) is 0 Å². The number of aliphatic hydroxyl groups is 1. The molecule has 0 rings (SSSR count). The molecule has 0 aliphatic rings. The quantitative estimate of drug-likeness (QED) is 0.395. The summed E-state index contributed by atoms with van der Waals surface area (Å²) < 4.78 is 0. The molecular weight excluding hydrogens is 92.1 g/mol. The SMILES string of the molecule is C/C(C=O)=C/CO. The summed E-state index contributed by atoms with van der Waals surface area (Å²) in [7, 11) is 0. The number of carbonyl (C=O) groups excluding carboxylic acids is 1. The minimum atomic E-state index is -0.0510. The molecule has 0 heterocycles. The molecule has 0 fully saturated rings. The van der Waals surface area contributed by atoms with Crippen molar-refractivity contribution in [2.45, 2.75) is 6.92 Å². The van der Waals surface area contributed by atoms with Crippen LogP contribution in [0.2, 0.25) is 0 Å². The third kappa shape index (κ3) is 3.19. The van der Waals surface area contributed by atoms with Crippen molar-refractivity contribution < 1.29 is 9.90 Å². The molecule has 0 atom stereocenters. The zero-order valence-corrected chi connectivity index (χ0v) is 4.22.